The first-order valence-electron chi connectivity index (χ1n) is 9.18. The van der Waals surface area contributed by atoms with Gasteiger partial charge in [-0.25, -0.2) is 0 Å². The minimum atomic E-state index is -0.726. The number of aliphatic carboxylic acids is 1. The van der Waals surface area contributed by atoms with Crippen molar-refractivity contribution in [3.63, 3.8) is 0 Å². The van der Waals surface area contributed by atoms with Gasteiger partial charge < -0.3 is 15.7 Å². The molecule has 0 radical (unpaired) electrons. The van der Waals surface area contributed by atoms with Crippen molar-refractivity contribution in [3.05, 3.63) is 10.0 Å². The third-order valence-electron chi connectivity index (χ3n) is 5.27. The highest BCUT2D eigenvalue weighted by Crippen LogP contribution is 2.29. The van der Waals surface area contributed by atoms with Crippen LogP contribution in [0.15, 0.2) is 0 Å². The van der Waals surface area contributed by atoms with Crippen LogP contribution in [0.2, 0.25) is 0 Å². The maximum atomic E-state index is 12.4. The fraction of sp³-hybridized carbons (Fsp3) is 0.765. The molecule has 1 aliphatic carbocycles. The number of halogens is 1. The van der Waals surface area contributed by atoms with Crippen molar-refractivity contribution in [2.24, 2.45) is 5.92 Å². The molecule has 0 bridgehead atoms. The molecule has 3 rings (SSSR count). The first-order chi connectivity index (χ1) is 12.1. The summed E-state index contributed by atoms with van der Waals surface area (Å²) in [7, 11) is 0. The van der Waals surface area contributed by atoms with Crippen LogP contribution in [0.4, 0.5) is 0 Å². The molecule has 7 nitrogen and oxygen atoms in total. The van der Waals surface area contributed by atoms with E-state index in [1.165, 1.54) is 11.3 Å². The molecule has 2 fully saturated rings. The predicted molar refractivity (Wildman–Crippen MR) is 102 cm³/mol. The monoisotopic (exact) mass is 402 g/mol. The molecule has 0 spiro atoms. The van der Waals surface area contributed by atoms with Crippen LogP contribution in [-0.4, -0.2) is 46.3 Å². The van der Waals surface area contributed by atoms with Gasteiger partial charge >= 0.3 is 5.97 Å². The lowest BCUT2D eigenvalue weighted by Crippen LogP contribution is -2.37. The molecular weight excluding hydrogens is 376 g/mol. The SMILES string of the molecule is Cl.O=C(O)CC[C@H]1CC[C@H](NC(=O)c2nnc(C3CCNCC3)s2)CC1. The zero-order valence-corrected chi connectivity index (χ0v) is 16.4. The number of hydrogen-bond acceptors (Lipinski definition) is 6. The number of carboxylic acids is 1. The van der Waals surface area contributed by atoms with Crippen LogP contribution in [0.3, 0.4) is 0 Å². The summed E-state index contributed by atoms with van der Waals surface area (Å²) in [5.74, 6) is 0.0465. The lowest BCUT2D eigenvalue weighted by atomic mass is 9.83. The molecule has 2 aliphatic rings. The smallest absolute Gasteiger partial charge is 0.303 e. The third-order valence-corrected chi connectivity index (χ3v) is 6.36. The first-order valence-corrected chi connectivity index (χ1v) is 10.00. The molecule has 0 aromatic carbocycles. The summed E-state index contributed by atoms with van der Waals surface area (Å²) in [5.41, 5.74) is 0. The van der Waals surface area contributed by atoms with Crippen LogP contribution in [0.1, 0.15) is 72.1 Å². The summed E-state index contributed by atoms with van der Waals surface area (Å²) in [4.78, 5) is 23.1. The van der Waals surface area contributed by atoms with Crippen molar-refractivity contribution in [2.75, 3.05) is 13.1 Å². The normalized spacial score (nSPS) is 23.8. The predicted octanol–water partition coefficient (Wildman–Crippen LogP) is 2.58. The molecule has 146 valence electrons. The number of carbonyl (C=O) groups is 2. The van der Waals surface area contributed by atoms with Crippen LogP contribution in [0, 0.1) is 5.92 Å². The van der Waals surface area contributed by atoms with Gasteiger partial charge in [0, 0.05) is 18.4 Å². The van der Waals surface area contributed by atoms with Crippen molar-refractivity contribution < 1.29 is 14.7 Å². The van der Waals surface area contributed by atoms with Crippen molar-refractivity contribution in [1.82, 2.24) is 20.8 Å². The molecule has 1 aliphatic heterocycles. The Morgan fingerprint density at radius 3 is 2.46 bits per heavy atom. The van der Waals surface area contributed by atoms with Crippen LogP contribution in [0.5, 0.6) is 0 Å². The van der Waals surface area contributed by atoms with Crippen LogP contribution < -0.4 is 10.6 Å². The lowest BCUT2D eigenvalue weighted by Gasteiger charge is -2.28. The zero-order valence-electron chi connectivity index (χ0n) is 14.8. The van der Waals surface area contributed by atoms with Crippen molar-refractivity contribution in [3.8, 4) is 0 Å². The maximum Gasteiger partial charge on any atom is 0.303 e. The number of nitrogens with zero attached hydrogens (tertiary/aromatic N) is 2. The van der Waals surface area contributed by atoms with Crippen LogP contribution >= 0.6 is 23.7 Å². The fourth-order valence-corrected chi connectivity index (χ4v) is 4.65. The highest BCUT2D eigenvalue weighted by Gasteiger charge is 2.25. The quantitative estimate of drug-likeness (QED) is 0.675. The second-order valence-electron chi connectivity index (χ2n) is 7.09. The number of carbonyl (C=O) groups excluding carboxylic acids is 1. The molecule has 1 amide bonds. The average molecular weight is 403 g/mol. The van der Waals surface area contributed by atoms with Gasteiger partial charge in [-0.15, -0.1) is 22.6 Å². The summed E-state index contributed by atoms with van der Waals surface area (Å²) >= 11 is 1.42. The van der Waals surface area contributed by atoms with E-state index >= 15 is 0 Å². The summed E-state index contributed by atoms with van der Waals surface area (Å²) in [6.07, 6.45) is 6.88. The number of hydrogen-bond donors (Lipinski definition) is 3. The number of carboxylic acid groups (broad SMARTS) is 1. The topological polar surface area (TPSA) is 104 Å². The Kier molecular flexibility index (Phi) is 8.24. The van der Waals surface area contributed by atoms with Gasteiger partial charge in [0.05, 0.1) is 0 Å². The number of piperidine rings is 1. The van der Waals surface area contributed by atoms with Gasteiger partial charge in [-0.3, -0.25) is 9.59 Å². The standard InChI is InChI=1S/C17H26N4O3S.ClH/c22-14(23)6-3-11-1-4-13(5-2-11)19-15(24)17-21-20-16(25-17)12-7-9-18-10-8-12;/h11-13,18H,1-10H2,(H,19,24)(H,22,23);1H/t11-,13-;. The van der Waals surface area contributed by atoms with Gasteiger partial charge in [0.2, 0.25) is 5.01 Å². The van der Waals surface area contributed by atoms with Crippen LogP contribution in [0.25, 0.3) is 0 Å². The molecule has 2 heterocycles. The Labute approximate surface area is 163 Å². The molecule has 1 aromatic heterocycles. The second-order valence-corrected chi connectivity index (χ2v) is 8.10. The van der Waals surface area contributed by atoms with E-state index in [1.54, 1.807) is 0 Å². The van der Waals surface area contributed by atoms with Crippen molar-refractivity contribution in [1.29, 1.82) is 0 Å². The Hall–Kier alpha value is -1.25. The molecular formula is C17H27ClN4O3S. The fourth-order valence-electron chi connectivity index (χ4n) is 3.73. The Balaban J connectivity index is 0.00000243. The summed E-state index contributed by atoms with van der Waals surface area (Å²) in [6, 6.07) is 0.166. The van der Waals surface area contributed by atoms with Gasteiger partial charge in [0.15, 0.2) is 0 Å². The number of amides is 1. The van der Waals surface area contributed by atoms with Gasteiger partial charge in [-0.2, -0.15) is 0 Å². The Morgan fingerprint density at radius 2 is 1.81 bits per heavy atom. The Bertz CT molecular complexity index is 599. The first kappa shape index (κ1) is 21.1. The van der Waals surface area contributed by atoms with E-state index in [0.29, 0.717) is 16.8 Å². The van der Waals surface area contributed by atoms with E-state index < -0.39 is 5.97 Å². The molecule has 3 N–H and O–H groups in total. The molecule has 9 heteroatoms. The van der Waals surface area contributed by atoms with Crippen molar-refractivity contribution in [2.45, 2.75) is 63.3 Å². The lowest BCUT2D eigenvalue weighted by molar-refractivity contribution is -0.137. The van der Waals surface area contributed by atoms with E-state index in [4.69, 9.17) is 5.11 Å². The minimum Gasteiger partial charge on any atom is -0.481 e. The van der Waals surface area contributed by atoms with E-state index in [-0.39, 0.29) is 30.8 Å². The summed E-state index contributed by atoms with van der Waals surface area (Å²) < 4.78 is 0. The Morgan fingerprint density at radius 1 is 1.12 bits per heavy atom. The summed E-state index contributed by atoms with van der Waals surface area (Å²) in [6.45, 7) is 1.99. The average Bonchev–Trinajstić information content (AvgIpc) is 3.12. The summed E-state index contributed by atoms with van der Waals surface area (Å²) in [5, 5.41) is 24.9. The van der Waals surface area contributed by atoms with Gasteiger partial charge in [0.25, 0.3) is 5.91 Å². The van der Waals surface area contributed by atoms with E-state index in [9.17, 15) is 9.59 Å². The maximum absolute atomic E-state index is 12.4. The van der Waals surface area contributed by atoms with E-state index in [0.717, 1.165) is 63.0 Å². The van der Waals surface area contributed by atoms with Crippen molar-refractivity contribution >= 4 is 35.6 Å². The van der Waals surface area contributed by atoms with Gasteiger partial charge in [-0.1, -0.05) is 11.3 Å². The molecule has 1 saturated heterocycles. The minimum absolute atomic E-state index is 0. The second kappa shape index (κ2) is 10.2. The largest absolute Gasteiger partial charge is 0.481 e. The molecule has 1 saturated carbocycles. The van der Waals surface area contributed by atoms with Crippen LogP contribution in [-0.2, 0) is 4.79 Å². The highest BCUT2D eigenvalue weighted by molar-refractivity contribution is 7.13. The number of rotatable bonds is 6. The number of nitrogens with one attached hydrogen (secondary N) is 2. The molecule has 1 aromatic rings. The number of aromatic nitrogens is 2. The molecule has 26 heavy (non-hydrogen) atoms. The third kappa shape index (κ3) is 5.89. The molecule has 0 atom stereocenters. The highest BCUT2D eigenvalue weighted by atomic mass is 35.5. The molecule has 0 unspecified atom stereocenters. The zero-order chi connectivity index (χ0) is 17.6. The van der Waals surface area contributed by atoms with Gasteiger partial charge in [0.1, 0.15) is 5.01 Å². The van der Waals surface area contributed by atoms with E-state index in [2.05, 4.69) is 20.8 Å². The van der Waals surface area contributed by atoms with E-state index in [1.807, 2.05) is 0 Å². The van der Waals surface area contributed by atoms with Gasteiger partial charge in [-0.05, 0) is 64.0 Å².